The highest BCUT2D eigenvalue weighted by Gasteiger charge is 2.19. The fourth-order valence-electron chi connectivity index (χ4n) is 3.59. The quantitative estimate of drug-likeness (QED) is 0.638. The number of fused-ring (bicyclic) bond motifs is 1. The van der Waals surface area contributed by atoms with Gasteiger partial charge in [0.25, 0.3) is 0 Å². The SMILES string of the molecule is CC(Sc1nc2ccccc2n1C)C(=O)Nc1ccc(N2CCCCC2)cc1. The largest absolute Gasteiger partial charge is 0.372 e. The van der Waals surface area contributed by atoms with Gasteiger partial charge in [-0.05, 0) is 62.6 Å². The first-order valence-corrected chi connectivity index (χ1v) is 10.7. The molecule has 1 aliphatic heterocycles. The number of piperidine rings is 1. The second-order valence-corrected chi connectivity index (χ2v) is 8.59. The molecule has 0 aliphatic carbocycles. The summed E-state index contributed by atoms with van der Waals surface area (Å²) in [5, 5.41) is 3.64. The Bertz CT molecular complexity index is 960. The van der Waals surface area contributed by atoms with Gasteiger partial charge in [-0.25, -0.2) is 4.98 Å². The van der Waals surface area contributed by atoms with Crippen LogP contribution in [0.2, 0.25) is 0 Å². The molecule has 146 valence electrons. The van der Waals surface area contributed by atoms with Crippen LogP contribution in [0.25, 0.3) is 11.0 Å². The molecular formula is C22H26N4OS. The molecule has 0 saturated carbocycles. The number of rotatable bonds is 5. The van der Waals surface area contributed by atoms with Gasteiger partial charge >= 0.3 is 0 Å². The normalized spacial score (nSPS) is 15.6. The first-order chi connectivity index (χ1) is 13.6. The van der Waals surface area contributed by atoms with Crippen LogP contribution in [0.1, 0.15) is 26.2 Å². The smallest absolute Gasteiger partial charge is 0.237 e. The number of hydrogen-bond donors (Lipinski definition) is 1. The standard InChI is InChI=1S/C22H26N4OS/c1-16(28-22-24-19-8-4-5-9-20(19)25(22)2)21(27)23-17-10-12-18(13-11-17)26-14-6-3-7-15-26/h4-5,8-13,16H,3,6-7,14-15H2,1-2H3,(H,23,27). The Morgan fingerprint density at radius 1 is 1.07 bits per heavy atom. The Hall–Kier alpha value is -2.47. The van der Waals surface area contributed by atoms with Crippen LogP contribution in [-0.4, -0.2) is 33.8 Å². The first-order valence-electron chi connectivity index (χ1n) is 9.86. The van der Waals surface area contributed by atoms with Gasteiger partial charge in [0.05, 0.1) is 16.3 Å². The highest BCUT2D eigenvalue weighted by molar-refractivity contribution is 8.00. The van der Waals surface area contributed by atoms with Gasteiger partial charge in [0.15, 0.2) is 5.16 Å². The number of nitrogens with one attached hydrogen (secondary N) is 1. The molecule has 1 fully saturated rings. The maximum Gasteiger partial charge on any atom is 0.237 e. The maximum absolute atomic E-state index is 12.7. The van der Waals surface area contributed by atoms with E-state index >= 15 is 0 Å². The number of aromatic nitrogens is 2. The van der Waals surface area contributed by atoms with Crippen LogP contribution < -0.4 is 10.2 Å². The summed E-state index contributed by atoms with van der Waals surface area (Å²) in [7, 11) is 1.99. The molecule has 1 N–H and O–H groups in total. The lowest BCUT2D eigenvalue weighted by Crippen LogP contribution is -2.29. The summed E-state index contributed by atoms with van der Waals surface area (Å²) in [6.07, 6.45) is 3.84. The van der Waals surface area contributed by atoms with Crippen LogP contribution in [0.15, 0.2) is 53.7 Å². The van der Waals surface area contributed by atoms with Crippen molar-refractivity contribution in [1.82, 2.24) is 9.55 Å². The Morgan fingerprint density at radius 3 is 2.50 bits per heavy atom. The summed E-state index contributed by atoms with van der Waals surface area (Å²) in [5.74, 6) is -0.0113. The Balaban J connectivity index is 1.39. The molecule has 4 rings (SSSR count). The van der Waals surface area contributed by atoms with Crippen molar-refractivity contribution in [3.63, 3.8) is 0 Å². The molecule has 5 nitrogen and oxygen atoms in total. The minimum absolute atomic E-state index is 0.0113. The molecule has 1 atom stereocenters. The predicted octanol–water partition coefficient (Wildman–Crippen LogP) is 4.68. The van der Waals surface area contributed by atoms with Gasteiger partial charge in [0.1, 0.15) is 0 Å². The molecule has 28 heavy (non-hydrogen) atoms. The number of carbonyl (C=O) groups excluding carboxylic acids is 1. The van der Waals surface area contributed by atoms with Crippen LogP contribution in [0.5, 0.6) is 0 Å². The molecule has 6 heteroatoms. The van der Waals surface area contributed by atoms with Gasteiger partial charge < -0.3 is 14.8 Å². The van der Waals surface area contributed by atoms with Crippen molar-refractivity contribution in [2.75, 3.05) is 23.3 Å². The zero-order chi connectivity index (χ0) is 19.5. The highest BCUT2D eigenvalue weighted by atomic mass is 32.2. The molecule has 2 heterocycles. The van der Waals surface area contributed by atoms with Crippen molar-refractivity contribution < 1.29 is 4.79 Å². The van der Waals surface area contributed by atoms with E-state index in [9.17, 15) is 4.79 Å². The van der Waals surface area contributed by atoms with Crippen LogP contribution in [0, 0.1) is 0 Å². The summed E-state index contributed by atoms with van der Waals surface area (Å²) in [4.78, 5) is 19.7. The molecular weight excluding hydrogens is 368 g/mol. The molecule has 1 unspecified atom stereocenters. The van der Waals surface area contributed by atoms with E-state index in [1.54, 1.807) is 0 Å². The van der Waals surface area contributed by atoms with Gasteiger partial charge in [0.2, 0.25) is 5.91 Å². The van der Waals surface area contributed by atoms with Gasteiger partial charge in [-0.3, -0.25) is 4.79 Å². The van der Waals surface area contributed by atoms with Crippen molar-refractivity contribution >= 4 is 40.1 Å². The summed E-state index contributed by atoms with van der Waals surface area (Å²) < 4.78 is 2.04. The fourth-order valence-corrected chi connectivity index (χ4v) is 4.48. The molecule has 3 aromatic rings. The fraction of sp³-hybridized carbons (Fsp3) is 0.364. The lowest BCUT2D eigenvalue weighted by atomic mass is 10.1. The third-order valence-electron chi connectivity index (χ3n) is 5.25. The summed E-state index contributed by atoms with van der Waals surface area (Å²) in [5.41, 5.74) is 4.10. The predicted molar refractivity (Wildman–Crippen MR) is 117 cm³/mol. The van der Waals surface area contributed by atoms with Crippen LogP contribution in [-0.2, 0) is 11.8 Å². The minimum atomic E-state index is -0.239. The van der Waals surface area contributed by atoms with Gasteiger partial charge in [0, 0.05) is 31.5 Å². The molecule has 0 spiro atoms. The van der Waals surface area contributed by atoms with E-state index in [0.717, 1.165) is 35.0 Å². The van der Waals surface area contributed by atoms with Crippen molar-refractivity contribution in [3.05, 3.63) is 48.5 Å². The maximum atomic E-state index is 12.7. The van der Waals surface area contributed by atoms with Gasteiger partial charge in [-0.1, -0.05) is 23.9 Å². The third-order valence-corrected chi connectivity index (χ3v) is 6.40. The first kappa shape index (κ1) is 18.9. The topological polar surface area (TPSA) is 50.2 Å². The average molecular weight is 395 g/mol. The zero-order valence-corrected chi connectivity index (χ0v) is 17.2. The number of amides is 1. The van der Waals surface area contributed by atoms with Crippen molar-refractivity contribution in [1.29, 1.82) is 0 Å². The van der Waals surface area contributed by atoms with E-state index in [4.69, 9.17) is 0 Å². The van der Waals surface area contributed by atoms with E-state index in [-0.39, 0.29) is 11.2 Å². The van der Waals surface area contributed by atoms with Crippen molar-refractivity contribution in [2.45, 2.75) is 36.6 Å². The van der Waals surface area contributed by atoms with Crippen LogP contribution >= 0.6 is 11.8 Å². The van der Waals surface area contributed by atoms with E-state index < -0.39 is 0 Å². The summed E-state index contributed by atoms with van der Waals surface area (Å²) in [6.45, 7) is 4.16. The van der Waals surface area contributed by atoms with E-state index in [0.29, 0.717) is 0 Å². The third kappa shape index (κ3) is 4.02. The van der Waals surface area contributed by atoms with Gasteiger partial charge in [-0.15, -0.1) is 0 Å². The van der Waals surface area contributed by atoms with E-state index in [2.05, 4.69) is 27.3 Å². The molecule has 1 saturated heterocycles. The highest BCUT2D eigenvalue weighted by Crippen LogP contribution is 2.27. The number of carbonyl (C=O) groups is 1. The zero-order valence-electron chi connectivity index (χ0n) is 16.4. The Kier molecular flexibility index (Phi) is 5.57. The van der Waals surface area contributed by atoms with E-state index in [1.165, 1.54) is 36.7 Å². The van der Waals surface area contributed by atoms with E-state index in [1.807, 2.05) is 54.9 Å². The van der Waals surface area contributed by atoms with Crippen molar-refractivity contribution in [3.8, 4) is 0 Å². The minimum Gasteiger partial charge on any atom is -0.372 e. The van der Waals surface area contributed by atoms with Gasteiger partial charge in [-0.2, -0.15) is 0 Å². The van der Waals surface area contributed by atoms with Crippen molar-refractivity contribution in [2.24, 2.45) is 7.05 Å². The lowest BCUT2D eigenvalue weighted by Gasteiger charge is -2.28. The number of thioether (sulfide) groups is 1. The Labute approximate surface area is 170 Å². The number of hydrogen-bond acceptors (Lipinski definition) is 4. The van der Waals surface area contributed by atoms with Crippen LogP contribution in [0.3, 0.4) is 0 Å². The molecule has 2 aromatic carbocycles. The lowest BCUT2D eigenvalue weighted by molar-refractivity contribution is -0.115. The monoisotopic (exact) mass is 394 g/mol. The molecule has 1 aromatic heterocycles. The number of aryl methyl sites for hydroxylation is 1. The average Bonchev–Trinajstić information content (AvgIpc) is 3.05. The molecule has 1 amide bonds. The number of nitrogens with zero attached hydrogens (tertiary/aromatic N) is 3. The Morgan fingerprint density at radius 2 is 1.79 bits per heavy atom. The number of benzene rings is 2. The summed E-state index contributed by atoms with van der Waals surface area (Å²) in [6, 6.07) is 16.2. The van der Waals surface area contributed by atoms with Crippen LogP contribution in [0.4, 0.5) is 11.4 Å². The molecule has 0 radical (unpaired) electrons. The molecule has 0 bridgehead atoms. The second kappa shape index (κ2) is 8.27. The summed E-state index contributed by atoms with van der Waals surface area (Å²) >= 11 is 1.48. The number of para-hydroxylation sites is 2. The second-order valence-electron chi connectivity index (χ2n) is 7.29. The molecule has 1 aliphatic rings. The number of imidazole rings is 1. The number of anilines is 2.